The van der Waals surface area contributed by atoms with E-state index in [1.165, 1.54) is 16.7 Å². The molecule has 1 aliphatic heterocycles. The predicted molar refractivity (Wildman–Crippen MR) is 135 cm³/mol. The molecule has 0 aliphatic carbocycles. The van der Waals surface area contributed by atoms with Crippen LogP contribution in [0.2, 0.25) is 0 Å². The molecule has 3 aromatic carbocycles. The minimum Gasteiger partial charge on any atom is -0.493 e. The first-order valence-electron chi connectivity index (χ1n) is 12.0. The summed E-state index contributed by atoms with van der Waals surface area (Å²) in [6, 6.07) is 24.6. The minimum absolute atomic E-state index is 0.0305. The number of rotatable bonds is 9. The normalized spacial score (nSPS) is 16.4. The maximum atomic E-state index is 13.1. The third-order valence-corrected chi connectivity index (χ3v) is 6.63. The lowest BCUT2D eigenvalue weighted by Crippen LogP contribution is -2.48. The monoisotopic (exact) mass is 458 g/mol. The van der Waals surface area contributed by atoms with E-state index >= 15 is 0 Å². The molecule has 34 heavy (non-hydrogen) atoms. The van der Waals surface area contributed by atoms with E-state index in [1.54, 1.807) is 14.2 Å². The Hall–Kier alpha value is -3.31. The van der Waals surface area contributed by atoms with Gasteiger partial charge in [0.05, 0.1) is 26.7 Å². The molecule has 1 amide bonds. The second-order valence-electron chi connectivity index (χ2n) is 8.80. The zero-order chi connectivity index (χ0) is 23.9. The zero-order valence-corrected chi connectivity index (χ0v) is 20.3. The molecule has 0 saturated carbocycles. The van der Waals surface area contributed by atoms with Gasteiger partial charge in [-0.3, -0.25) is 9.69 Å². The van der Waals surface area contributed by atoms with Crippen LogP contribution >= 0.6 is 0 Å². The summed E-state index contributed by atoms with van der Waals surface area (Å²) < 4.78 is 11.2. The molecule has 4 rings (SSSR count). The predicted octanol–water partition coefficient (Wildman–Crippen LogP) is 4.94. The van der Waals surface area contributed by atoms with Crippen LogP contribution in [0.5, 0.6) is 11.5 Å². The number of methoxy groups -OCH3 is 2. The van der Waals surface area contributed by atoms with Crippen molar-refractivity contribution in [1.29, 1.82) is 0 Å². The van der Waals surface area contributed by atoms with Crippen LogP contribution in [0.4, 0.5) is 0 Å². The molecule has 0 bridgehead atoms. The highest BCUT2D eigenvalue weighted by Crippen LogP contribution is 2.40. The number of benzene rings is 3. The van der Waals surface area contributed by atoms with E-state index < -0.39 is 0 Å². The number of hydrogen-bond donors (Lipinski definition) is 1. The van der Waals surface area contributed by atoms with Crippen molar-refractivity contribution >= 4 is 5.91 Å². The van der Waals surface area contributed by atoms with E-state index in [2.05, 4.69) is 53.5 Å². The van der Waals surface area contributed by atoms with Crippen molar-refractivity contribution in [2.75, 3.05) is 20.8 Å². The van der Waals surface area contributed by atoms with Gasteiger partial charge in [0.1, 0.15) is 0 Å². The topological polar surface area (TPSA) is 50.8 Å². The molecular formula is C29H34N2O3. The fourth-order valence-electron chi connectivity index (χ4n) is 4.94. The van der Waals surface area contributed by atoms with Crippen molar-refractivity contribution < 1.29 is 14.3 Å². The van der Waals surface area contributed by atoms with Gasteiger partial charge in [-0.25, -0.2) is 0 Å². The maximum Gasteiger partial charge on any atom is 0.224 e. The molecule has 0 radical (unpaired) electrons. The van der Waals surface area contributed by atoms with Gasteiger partial charge in [-0.2, -0.15) is 0 Å². The van der Waals surface area contributed by atoms with Crippen LogP contribution in [-0.2, 0) is 24.2 Å². The van der Waals surface area contributed by atoms with Crippen molar-refractivity contribution in [3.63, 3.8) is 0 Å². The third-order valence-electron chi connectivity index (χ3n) is 6.63. The highest BCUT2D eigenvalue weighted by molar-refractivity contribution is 5.79. The van der Waals surface area contributed by atoms with Gasteiger partial charge in [0.15, 0.2) is 11.5 Å². The standard InChI is InChI=1S/C29H34N2O3/c1-4-25(30-28(32)17-21-11-7-5-8-12-21)29-24-19-27(34-3)26(33-2)18-23(24)15-16-31(29)20-22-13-9-6-10-14-22/h5-14,18-19,25,29H,4,15-17,20H2,1-3H3,(H,30,32)/t25-,29-/m0/s1. The minimum atomic E-state index is -0.0305. The smallest absolute Gasteiger partial charge is 0.224 e. The molecule has 0 fully saturated rings. The van der Waals surface area contributed by atoms with E-state index in [-0.39, 0.29) is 18.0 Å². The average Bonchev–Trinajstić information content (AvgIpc) is 2.87. The van der Waals surface area contributed by atoms with Crippen molar-refractivity contribution in [3.8, 4) is 11.5 Å². The van der Waals surface area contributed by atoms with Crippen molar-refractivity contribution in [3.05, 3.63) is 95.1 Å². The summed E-state index contributed by atoms with van der Waals surface area (Å²) >= 11 is 0. The second kappa shape index (κ2) is 11.2. The van der Waals surface area contributed by atoms with Gasteiger partial charge in [-0.15, -0.1) is 0 Å². The molecule has 5 nitrogen and oxygen atoms in total. The summed E-state index contributed by atoms with van der Waals surface area (Å²) in [4.78, 5) is 15.5. The molecular weight excluding hydrogens is 424 g/mol. The third kappa shape index (κ3) is 5.42. The number of nitrogens with zero attached hydrogens (tertiary/aromatic N) is 1. The molecule has 0 aromatic heterocycles. The molecule has 2 atom stereocenters. The van der Waals surface area contributed by atoms with E-state index in [0.717, 1.165) is 43.0 Å². The first-order chi connectivity index (χ1) is 16.6. The molecule has 1 N–H and O–H groups in total. The summed E-state index contributed by atoms with van der Waals surface area (Å²) in [6.07, 6.45) is 2.12. The van der Waals surface area contributed by atoms with Gasteiger partial charge in [0, 0.05) is 19.1 Å². The van der Waals surface area contributed by atoms with Gasteiger partial charge in [0.2, 0.25) is 5.91 Å². The van der Waals surface area contributed by atoms with Gasteiger partial charge >= 0.3 is 0 Å². The molecule has 1 heterocycles. The Kier molecular flexibility index (Phi) is 7.86. The summed E-state index contributed by atoms with van der Waals surface area (Å²) in [7, 11) is 3.34. The molecule has 3 aromatic rings. The number of ether oxygens (including phenoxy) is 2. The van der Waals surface area contributed by atoms with E-state index in [0.29, 0.717) is 6.42 Å². The quantitative estimate of drug-likeness (QED) is 0.493. The highest BCUT2D eigenvalue weighted by Gasteiger charge is 2.35. The van der Waals surface area contributed by atoms with Crippen LogP contribution in [0.25, 0.3) is 0 Å². The van der Waals surface area contributed by atoms with Crippen LogP contribution in [0.15, 0.2) is 72.8 Å². The van der Waals surface area contributed by atoms with Crippen LogP contribution in [0.1, 0.15) is 41.6 Å². The van der Waals surface area contributed by atoms with Gasteiger partial charge in [-0.1, -0.05) is 67.6 Å². The Morgan fingerprint density at radius 1 is 0.971 bits per heavy atom. The molecule has 0 saturated heterocycles. The lowest BCUT2D eigenvalue weighted by molar-refractivity contribution is -0.121. The van der Waals surface area contributed by atoms with E-state index in [1.807, 2.05) is 36.4 Å². The number of carbonyl (C=O) groups excluding carboxylic acids is 1. The summed E-state index contributed by atoms with van der Waals surface area (Å²) in [5.41, 5.74) is 4.74. The lowest BCUT2D eigenvalue weighted by Gasteiger charge is -2.42. The van der Waals surface area contributed by atoms with Crippen molar-refractivity contribution in [1.82, 2.24) is 10.2 Å². The number of hydrogen-bond acceptors (Lipinski definition) is 4. The van der Waals surface area contributed by atoms with Gasteiger partial charge in [0.25, 0.3) is 0 Å². The molecule has 178 valence electrons. The zero-order valence-electron chi connectivity index (χ0n) is 20.3. The Balaban J connectivity index is 1.66. The van der Waals surface area contributed by atoms with Gasteiger partial charge < -0.3 is 14.8 Å². The number of nitrogens with one attached hydrogen (secondary N) is 1. The fraction of sp³-hybridized carbons (Fsp3) is 0.345. The molecule has 0 spiro atoms. The fourth-order valence-corrected chi connectivity index (χ4v) is 4.94. The summed E-state index contributed by atoms with van der Waals surface area (Å²) in [6.45, 7) is 3.88. The Bertz CT molecular complexity index is 1090. The van der Waals surface area contributed by atoms with Crippen LogP contribution < -0.4 is 14.8 Å². The largest absolute Gasteiger partial charge is 0.493 e. The van der Waals surface area contributed by atoms with Gasteiger partial charge in [-0.05, 0) is 47.2 Å². The van der Waals surface area contributed by atoms with Crippen LogP contribution in [0, 0.1) is 0 Å². The molecule has 0 unspecified atom stereocenters. The number of amides is 1. The van der Waals surface area contributed by atoms with Crippen LogP contribution in [-0.4, -0.2) is 37.6 Å². The average molecular weight is 459 g/mol. The lowest BCUT2D eigenvalue weighted by atomic mass is 9.86. The first-order valence-corrected chi connectivity index (χ1v) is 12.0. The summed E-state index contributed by atoms with van der Waals surface area (Å²) in [5, 5.41) is 3.35. The maximum absolute atomic E-state index is 13.1. The van der Waals surface area contributed by atoms with E-state index in [4.69, 9.17) is 9.47 Å². The first kappa shape index (κ1) is 23.8. The highest BCUT2D eigenvalue weighted by atomic mass is 16.5. The SMILES string of the molecule is CC[C@H](NC(=O)Cc1ccccc1)[C@@H]1c2cc(OC)c(OC)cc2CCN1Cc1ccccc1. The number of fused-ring (bicyclic) bond motifs is 1. The molecule has 5 heteroatoms. The Morgan fingerprint density at radius 2 is 1.59 bits per heavy atom. The summed E-state index contributed by atoms with van der Waals surface area (Å²) in [5.74, 6) is 1.52. The Morgan fingerprint density at radius 3 is 2.21 bits per heavy atom. The number of carbonyl (C=O) groups is 1. The Labute approximate surface area is 202 Å². The van der Waals surface area contributed by atoms with Crippen molar-refractivity contribution in [2.45, 2.75) is 44.8 Å². The molecule has 1 aliphatic rings. The second-order valence-corrected chi connectivity index (χ2v) is 8.80. The van der Waals surface area contributed by atoms with Crippen molar-refractivity contribution in [2.24, 2.45) is 0 Å². The van der Waals surface area contributed by atoms with E-state index in [9.17, 15) is 4.79 Å². The van der Waals surface area contributed by atoms with Crippen LogP contribution in [0.3, 0.4) is 0 Å².